The maximum Gasteiger partial charge on any atom is 0.352 e. The largest absolute Gasteiger partial charge is 0.477 e. The SMILES string of the molecule is Cc1ncccc1/C=C\C1=C(C(=O)O)N2C(=O)[C@@H](N)[C@H]2SC1. The van der Waals surface area contributed by atoms with Gasteiger partial charge in [-0.05, 0) is 24.1 Å². The van der Waals surface area contributed by atoms with Crippen LogP contribution in [0, 0.1) is 6.92 Å². The summed E-state index contributed by atoms with van der Waals surface area (Å²) < 4.78 is 0. The van der Waals surface area contributed by atoms with Gasteiger partial charge in [0.25, 0.3) is 0 Å². The number of carboxylic acid groups (broad SMARTS) is 1. The molecule has 1 fully saturated rings. The maximum absolute atomic E-state index is 11.8. The van der Waals surface area contributed by atoms with Crippen LogP contribution in [0.5, 0.6) is 0 Å². The molecule has 0 unspecified atom stereocenters. The Bertz CT molecular complexity index is 714. The van der Waals surface area contributed by atoms with E-state index in [1.165, 1.54) is 16.7 Å². The summed E-state index contributed by atoms with van der Waals surface area (Å²) in [6, 6.07) is 3.12. The van der Waals surface area contributed by atoms with E-state index in [0.29, 0.717) is 11.3 Å². The molecule has 0 spiro atoms. The summed E-state index contributed by atoms with van der Waals surface area (Å²) in [5.41, 5.74) is 8.14. The number of nitrogens with two attached hydrogens (primary N) is 1. The molecule has 7 heteroatoms. The van der Waals surface area contributed by atoms with E-state index in [2.05, 4.69) is 4.98 Å². The number of amides is 1. The molecule has 22 heavy (non-hydrogen) atoms. The number of aryl methyl sites for hydroxylation is 1. The number of carboxylic acids is 1. The molecule has 0 radical (unpaired) electrons. The van der Waals surface area contributed by atoms with E-state index in [9.17, 15) is 14.7 Å². The number of allylic oxidation sites excluding steroid dienone is 1. The summed E-state index contributed by atoms with van der Waals surface area (Å²) in [6.45, 7) is 1.88. The molecule has 2 aliphatic heterocycles. The first kappa shape index (κ1) is 14.8. The van der Waals surface area contributed by atoms with Gasteiger partial charge < -0.3 is 10.8 Å². The highest BCUT2D eigenvalue weighted by Crippen LogP contribution is 2.39. The van der Waals surface area contributed by atoms with Gasteiger partial charge >= 0.3 is 5.97 Å². The highest BCUT2D eigenvalue weighted by atomic mass is 32.2. The molecular formula is C15H15N3O3S. The number of thioether (sulfide) groups is 1. The van der Waals surface area contributed by atoms with Crippen molar-refractivity contribution in [2.45, 2.75) is 18.3 Å². The average Bonchev–Trinajstić information content (AvgIpc) is 2.52. The normalized spacial score (nSPS) is 24.5. The fourth-order valence-electron chi connectivity index (χ4n) is 2.53. The first-order valence-electron chi connectivity index (χ1n) is 6.77. The molecule has 0 saturated carbocycles. The van der Waals surface area contributed by atoms with E-state index in [-0.39, 0.29) is 17.0 Å². The van der Waals surface area contributed by atoms with E-state index < -0.39 is 12.0 Å². The van der Waals surface area contributed by atoms with Crippen LogP contribution < -0.4 is 5.73 Å². The Kier molecular flexibility index (Phi) is 3.76. The van der Waals surface area contributed by atoms with Crippen molar-refractivity contribution in [3.8, 4) is 0 Å². The molecule has 3 rings (SSSR count). The molecule has 1 aromatic heterocycles. The lowest BCUT2D eigenvalue weighted by atomic mass is 10.0. The molecule has 3 N–H and O–H groups in total. The molecule has 1 amide bonds. The molecule has 0 aromatic carbocycles. The number of β-lactam (4-membered cyclic amide) rings is 1. The number of pyridine rings is 1. The van der Waals surface area contributed by atoms with E-state index in [0.717, 1.165) is 11.3 Å². The standard InChI is InChI=1S/C15H15N3O3S/c1-8-9(3-2-6-17-8)4-5-10-7-22-14-11(16)13(19)18(14)12(10)15(20)21/h2-6,11,14H,7,16H2,1H3,(H,20,21)/b5-4-/t11-,14-/m1/s1. The third kappa shape index (κ3) is 2.32. The Morgan fingerprint density at radius 1 is 1.55 bits per heavy atom. The lowest BCUT2D eigenvalue weighted by molar-refractivity contribution is -0.147. The van der Waals surface area contributed by atoms with Gasteiger partial charge in [-0.3, -0.25) is 14.7 Å². The van der Waals surface area contributed by atoms with Crippen LogP contribution >= 0.6 is 11.8 Å². The van der Waals surface area contributed by atoms with Crippen molar-refractivity contribution in [3.63, 3.8) is 0 Å². The second-order valence-corrected chi connectivity index (χ2v) is 6.23. The van der Waals surface area contributed by atoms with E-state index in [4.69, 9.17) is 5.73 Å². The number of hydrogen-bond donors (Lipinski definition) is 2. The minimum absolute atomic E-state index is 0.0354. The third-order valence-electron chi connectivity index (χ3n) is 3.75. The summed E-state index contributed by atoms with van der Waals surface area (Å²) >= 11 is 1.49. The van der Waals surface area contributed by atoms with E-state index in [1.54, 1.807) is 12.3 Å². The zero-order chi connectivity index (χ0) is 15.9. The highest BCUT2D eigenvalue weighted by molar-refractivity contribution is 8.00. The third-order valence-corrected chi connectivity index (χ3v) is 5.08. The highest BCUT2D eigenvalue weighted by Gasteiger charge is 2.51. The monoisotopic (exact) mass is 317 g/mol. The number of fused-ring (bicyclic) bond motifs is 1. The summed E-state index contributed by atoms with van der Waals surface area (Å²) in [5.74, 6) is -0.925. The molecule has 1 aromatic rings. The van der Waals surface area contributed by atoms with Crippen molar-refractivity contribution >= 4 is 29.7 Å². The zero-order valence-corrected chi connectivity index (χ0v) is 12.7. The number of rotatable bonds is 3. The molecule has 114 valence electrons. The number of aromatic nitrogens is 1. The second-order valence-electron chi connectivity index (χ2n) is 5.13. The second kappa shape index (κ2) is 5.58. The minimum atomic E-state index is -1.10. The first-order chi connectivity index (χ1) is 10.5. The molecular weight excluding hydrogens is 302 g/mol. The fraction of sp³-hybridized carbons (Fsp3) is 0.267. The molecule has 6 nitrogen and oxygen atoms in total. The van der Waals surface area contributed by atoms with Crippen LogP contribution in [0.25, 0.3) is 6.08 Å². The predicted octanol–water partition coefficient (Wildman–Crippen LogP) is 0.984. The van der Waals surface area contributed by atoms with Gasteiger partial charge in [0.2, 0.25) is 5.91 Å². The average molecular weight is 317 g/mol. The lowest BCUT2D eigenvalue weighted by Crippen LogP contribution is -2.68. The number of aliphatic carboxylic acids is 1. The molecule has 1 saturated heterocycles. The van der Waals surface area contributed by atoms with Crippen LogP contribution in [0.1, 0.15) is 11.3 Å². The van der Waals surface area contributed by atoms with Gasteiger partial charge in [-0.25, -0.2) is 4.79 Å². The number of hydrogen-bond acceptors (Lipinski definition) is 5. The van der Waals surface area contributed by atoms with Crippen molar-refractivity contribution in [1.82, 2.24) is 9.88 Å². The first-order valence-corrected chi connectivity index (χ1v) is 7.82. The smallest absolute Gasteiger partial charge is 0.352 e. The fourth-order valence-corrected chi connectivity index (χ4v) is 3.80. The lowest BCUT2D eigenvalue weighted by Gasteiger charge is -2.47. The minimum Gasteiger partial charge on any atom is -0.477 e. The van der Waals surface area contributed by atoms with Crippen molar-refractivity contribution in [2.75, 3.05) is 5.75 Å². The summed E-state index contributed by atoms with van der Waals surface area (Å²) in [7, 11) is 0. The van der Waals surface area contributed by atoms with E-state index in [1.807, 2.05) is 25.1 Å². The van der Waals surface area contributed by atoms with Crippen LogP contribution in [0.15, 0.2) is 35.7 Å². The number of nitrogens with zero attached hydrogens (tertiary/aromatic N) is 2. The zero-order valence-electron chi connectivity index (χ0n) is 11.9. The Balaban J connectivity index is 1.95. The van der Waals surface area contributed by atoms with E-state index >= 15 is 0 Å². The van der Waals surface area contributed by atoms with Gasteiger partial charge in [-0.1, -0.05) is 18.2 Å². The van der Waals surface area contributed by atoms with Crippen LogP contribution in [-0.2, 0) is 9.59 Å². The maximum atomic E-state index is 11.8. The van der Waals surface area contributed by atoms with Crippen LogP contribution in [0.3, 0.4) is 0 Å². The quantitative estimate of drug-likeness (QED) is 0.807. The Hall–Kier alpha value is -2.12. The van der Waals surface area contributed by atoms with Crippen LogP contribution in [0.4, 0.5) is 0 Å². The Morgan fingerprint density at radius 2 is 2.32 bits per heavy atom. The summed E-state index contributed by atoms with van der Waals surface area (Å²) in [5, 5.41) is 9.17. The van der Waals surface area contributed by atoms with Gasteiger partial charge in [-0.2, -0.15) is 0 Å². The van der Waals surface area contributed by atoms with Crippen molar-refractivity contribution in [3.05, 3.63) is 46.9 Å². The van der Waals surface area contributed by atoms with Crippen molar-refractivity contribution < 1.29 is 14.7 Å². The summed E-state index contributed by atoms with van der Waals surface area (Å²) in [4.78, 5) is 28.9. The van der Waals surface area contributed by atoms with Crippen LogP contribution in [0.2, 0.25) is 0 Å². The van der Waals surface area contributed by atoms with Crippen molar-refractivity contribution in [2.24, 2.45) is 5.73 Å². The Labute approximate surface area is 131 Å². The summed E-state index contributed by atoms with van der Waals surface area (Å²) in [6.07, 6.45) is 5.27. The molecule has 2 aliphatic rings. The van der Waals surface area contributed by atoms with Gasteiger partial charge in [-0.15, -0.1) is 11.8 Å². The van der Waals surface area contributed by atoms with Gasteiger partial charge in [0.1, 0.15) is 17.1 Å². The molecule has 2 atom stereocenters. The van der Waals surface area contributed by atoms with Gasteiger partial charge in [0.05, 0.1) is 0 Å². The van der Waals surface area contributed by atoms with Gasteiger partial charge in [0, 0.05) is 17.6 Å². The predicted molar refractivity (Wildman–Crippen MR) is 83.7 cm³/mol. The molecule has 0 aliphatic carbocycles. The molecule has 3 heterocycles. The van der Waals surface area contributed by atoms with Gasteiger partial charge in [0.15, 0.2) is 0 Å². The molecule has 0 bridgehead atoms. The van der Waals surface area contributed by atoms with Crippen LogP contribution in [-0.4, -0.2) is 44.0 Å². The number of carbonyl (C=O) groups excluding carboxylic acids is 1. The number of carbonyl (C=O) groups is 2. The Morgan fingerprint density at radius 3 is 3.00 bits per heavy atom. The van der Waals surface area contributed by atoms with Crippen molar-refractivity contribution in [1.29, 1.82) is 0 Å². The topological polar surface area (TPSA) is 96.5 Å².